The van der Waals surface area contributed by atoms with Crippen molar-refractivity contribution in [3.05, 3.63) is 16.1 Å². The van der Waals surface area contributed by atoms with Crippen LogP contribution in [-0.4, -0.2) is 29.0 Å². The van der Waals surface area contributed by atoms with E-state index in [1.54, 1.807) is 19.2 Å². The summed E-state index contributed by atoms with van der Waals surface area (Å²) in [6.07, 6.45) is 1.45. The molecule has 0 fully saturated rings. The van der Waals surface area contributed by atoms with Gasteiger partial charge in [0.25, 0.3) is 0 Å². The van der Waals surface area contributed by atoms with Gasteiger partial charge in [-0.3, -0.25) is 4.79 Å². The zero-order chi connectivity index (χ0) is 15.2. The van der Waals surface area contributed by atoms with Crippen LogP contribution >= 0.6 is 36.2 Å². The summed E-state index contributed by atoms with van der Waals surface area (Å²) in [6, 6.07) is 0. The highest BCUT2D eigenvalue weighted by Crippen LogP contribution is 2.12. The van der Waals surface area contributed by atoms with Gasteiger partial charge in [0.15, 0.2) is 5.69 Å². The average Bonchev–Trinajstić information content (AvgIpc) is 2.85. The molecule has 0 saturated carbocycles. The SMILES string of the molecule is CCCC(C)(N)C(=O)NCc1nc(C(=O)OCC)cs1.Cl.Cl. The second kappa shape index (κ2) is 10.8. The molecule has 0 aliphatic rings. The smallest absolute Gasteiger partial charge is 0.357 e. The topological polar surface area (TPSA) is 94.3 Å². The number of hydrogen-bond donors (Lipinski definition) is 2. The monoisotopic (exact) mass is 371 g/mol. The van der Waals surface area contributed by atoms with E-state index < -0.39 is 11.5 Å². The van der Waals surface area contributed by atoms with Crippen molar-refractivity contribution >= 4 is 48.0 Å². The highest BCUT2D eigenvalue weighted by atomic mass is 35.5. The van der Waals surface area contributed by atoms with Crippen molar-refractivity contribution in [2.24, 2.45) is 5.73 Å². The van der Waals surface area contributed by atoms with E-state index in [1.807, 2.05) is 6.92 Å². The van der Waals surface area contributed by atoms with E-state index in [1.165, 1.54) is 11.3 Å². The van der Waals surface area contributed by atoms with Crippen LogP contribution in [0.1, 0.15) is 49.1 Å². The Kier molecular flexibility index (Phi) is 11.4. The lowest BCUT2D eigenvalue weighted by Crippen LogP contribution is -2.51. The fourth-order valence-corrected chi connectivity index (χ4v) is 2.38. The van der Waals surface area contributed by atoms with Gasteiger partial charge in [-0.15, -0.1) is 36.2 Å². The Morgan fingerprint density at radius 2 is 2.05 bits per heavy atom. The molecule has 1 unspecified atom stereocenters. The molecular formula is C13H23Cl2N3O3S. The van der Waals surface area contributed by atoms with Crippen molar-refractivity contribution in [1.82, 2.24) is 10.3 Å². The Morgan fingerprint density at radius 1 is 1.41 bits per heavy atom. The van der Waals surface area contributed by atoms with E-state index in [4.69, 9.17) is 10.5 Å². The van der Waals surface area contributed by atoms with Crippen molar-refractivity contribution in [2.45, 2.75) is 45.7 Å². The molecule has 0 aliphatic carbocycles. The number of amides is 1. The highest BCUT2D eigenvalue weighted by Gasteiger charge is 2.27. The first-order chi connectivity index (χ1) is 9.40. The van der Waals surface area contributed by atoms with Gasteiger partial charge in [-0.2, -0.15) is 0 Å². The van der Waals surface area contributed by atoms with Crippen LogP contribution in [0.5, 0.6) is 0 Å². The molecule has 0 aromatic carbocycles. The van der Waals surface area contributed by atoms with Crippen LogP contribution in [0.3, 0.4) is 0 Å². The Bertz CT molecular complexity index is 481. The van der Waals surface area contributed by atoms with Gasteiger partial charge in [-0.1, -0.05) is 13.3 Å². The molecule has 0 saturated heterocycles. The minimum atomic E-state index is -0.879. The third-order valence-electron chi connectivity index (χ3n) is 2.72. The number of nitrogens with two attached hydrogens (primary N) is 1. The number of halogens is 2. The van der Waals surface area contributed by atoms with Crippen molar-refractivity contribution in [1.29, 1.82) is 0 Å². The number of hydrogen-bond acceptors (Lipinski definition) is 6. The Balaban J connectivity index is 0. The van der Waals surface area contributed by atoms with E-state index in [9.17, 15) is 9.59 Å². The zero-order valence-corrected chi connectivity index (χ0v) is 15.3. The van der Waals surface area contributed by atoms with Crippen LogP contribution in [-0.2, 0) is 16.1 Å². The molecule has 9 heteroatoms. The predicted octanol–water partition coefficient (Wildman–Crippen LogP) is 2.30. The maximum atomic E-state index is 11.9. The Morgan fingerprint density at radius 3 is 2.59 bits per heavy atom. The van der Waals surface area contributed by atoms with Gasteiger partial charge in [-0.05, 0) is 20.3 Å². The molecule has 1 aromatic heterocycles. The number of rotatable bonds is 7. The van der Waals surface area contributed by atoms with Crippen LogP contribution in [0.25, 0.3) is 0 Å². The van der Waals surface area contributed by atoms with Crippen LogP contribution in [0.2, 0.25) is 0 Å². The predicted molar refractivity (Wildman–Crippen MR) is 91.9 cm³/mol. The van der Waals surface area contributed by atoms with Gasteiger partial charge in [0.1, 0.15) is 5.01 Å². The van der Waals surface area contributed by atoms with Gasteiger partial charge >= 0.3 is 5.97 Å². The first kappa shape index (κ1) is 23.4. The number of carbonyl (C=O) groups excluding carboxylic acids is 2. The summed E-state index contributed by atoms with van der Waals surface area (Å²) >= 11 is 1.30. The number of thiazole rings is 1. The molecule has 1 atom stereocenters. The van der Waals surface area contributed by atoms with E-state index in [0.717, 1.165) is 6.42 Å². The minimum absolute atomic E-state index is 0. The molecule has 0 spiro atoms. The van der Waals surface area contributed by atoms with Gasteiger partial charge in [0.2, 0.25) is 5.91 Å². The molecule has 128 valence electrons. The first-order valence-corrected chi connectivity index (χ1v) is 7.47. The summed E-state index contributed by atoms with van der Waals surface area (Å²) in [5.74, 6) is -0.664. The maximum Gasteiger partial charge on any atom is 0.357 e. The second-order valence-corrected chi connectivity index (χ2v) is 5.64. The summed E-state index contributed by atoms with van der Waals surface area (Å²) in [7, 11) is 0. The third-order valence-corrected chi connectivity index (χ3v) is 3.57. The standard InChI is InChI=1S/C13H21N3O3S.2ClH/c1-4-6-13(3,14)12(18)15-7-10-16-9(8-20-10)11(17)19-5-2;;/h8H,4-7,14H2,1-3H3,(H,15,18);2*1H. The van der Waals surface area contributed by atoms with Crippen molar-refractivity contribution in [2.75, 3.05) is 6.61 Å². The van der Waals surface area contributed by atoms with Crippen molar-refractivity contribution in [3.8, 4) is 0 Å². The molecule has 1 heterocycles. The highest BCUT2D eigenvalue weighted by molar-refractivity contribution is 7.09. The quantitative estimate of drug-likeness (QED) is 0.717. The van der Waals surface area contributed by atoms with E-state index >= 15 is 0 Å². The van der Waals surface area contributed by atoms with Gasteiger partial charge in [-0.25, -0.2) is 9.78 Å². The molecule has 0 bridgehead atoms. The number of carbonyl (C=O) groups is 2. The summed E-state index contributed by atoms with van der Waals surface area (Å²) < 4.78 is 4.85. The van der Waals surface area contributed by atoms with Crippen molar-refractivity contribution < 1.29 is 14.3 Å². The van der Waals surface area contributed by atoms with E-state index in [0.29, 0.717) is 18.0 Å². The fraction of sp³-hybridized carbons (Fsp3) is 0.615. The molecular weight excluding hydrogens is 349 g/mol. The molecule has 3 N–H and O–H groups in total. The molecule has 6 nitrogen and oxygen atoms in total. The zero-order valence-electron chi connectivity index (χ0n) is 12.9. The van der Waals surface area contributed by atoms with Crippen LogP contribution in [0, 0.1) is 0 Å². The number of esters is 1. The Labute approximate surface area is 147 Å². The van der Waals surface area contributed by atoms with E-state index in [2.05, 4.69) is 10.3 Å². The number of ether oxygens (including phenoxy) is 1. The van der Waals surface area contributed by atoms with Crippen LogP contribution < -0.4 is 11.1 Å². The molecule has 1 aromatic rings. The van der Waals surface area contributed by atoms with Crippen molar-refractivity contribution in [3.63, 3.8) is 0 Å². The van der Waals surface area contributed by atoms with Gasteiger partial charge in [0, 0.05) is 5.38 Å². The summed E-state index contributed by atoms with van der Waals surface area (Å²) in [5.41, 5.74) is 5.31. The van der Waals surface area contributed by atoms with Gasteiger partial charge in [0.05, 0.1) is 18.7 Å². The Hall–Kier alpha value is -0.890. The fourth-order valence-electron chi connectivity index (χ4n) is 1.68. The molecule has 22 heavy (non-hydrogen) atoms. The van der Waals surface area contributed by atoms with E-state index in [-0.39, 0.29) is 43.0 Å². The van der Waals surface area contributed by atoms with Crippen LogP contribution in [0.4, 0.5) is 0 Å². The second-order valence-electron chi connectivity index (χ2n) is 4.70. The average molecular weight is 372 g/mol. The normalized spacial score (nSPS) is 12.4. The summed E-state index contributed by atoms with van der Waals surface area (Å²) in [4.78, 5) is 27.5. The molecule has 1 rings (SSSR count). The lowest BCUT2D eigenvalue weighted by molar-refractivity contribution is -0.126. The minimum Gasteiger partial charge on any atom is -0.461 e. The molecule has 0 radical (unpaired) electrons. The molecule has 1 amide bonds. The number of nitrogens with one attached hydrogen (secondary N) is 1. The maximum absolute atomic E-state index is 11.9. The summed E-state index contributed by atoms with van der Waals surface area (Å²) in [5, 5.41) is 5.01. The van der Waals surface area contributed by atoms with Gasteiger partial charge < -0.3 is 15.8 Å². The number of nitrogens with zero attached hydrogens (tertiary/aromatic N) is 1. The lowest BCUT2D eigenvalue weighted by atomic mass is 9.97. The van der Waals surface area contributed by atoms with Crippen LogP contribution in [0.15, 0.2) is 5.38 Å². The number of aromatic nitrogens is 1. The summed E-state index contributed by atoms with van der Waals surface area (Å²) in [6.45, 7) is 5.99. The first-order valence-electron chi connectivity index (χ1n) is 6.59. The molecule has 0 aliphatic heterocycles. The third kappa shape index (κ3) is 6.91. The lowest BCUT2D eigenvalue weighted by Gasteiger charge is -2.22. The largest absolute Gasteiger partial charge is 0.461 e.